The molecule has 5 rings (SSSR count). The number of halogens is 1. The lowest BCUT2D eigenvalue weighted by atomic mass is 10.0. The summed E-state index contributed by atoms with van der Waals surface area (Å²) >= 11 is 3.45. The van der Waals surface area contributed by atoms with Crippen LogP contribution in [0.3, 0.4) is 0 Å². The first kappa shape index (κ1) is 23.9. The van der Waals surface area contributed by atoms with Crippen molar-refractivity contribution in [3.8, 4) is 11.3 Å². The molecule has 9 heteroatoms. The number of anilines is 2. The minimum atomic E-state index is -3.71. The van der Waals surface area contributed by atoms with Crippen molar-refractivity contribution in [2.24, 2.45) is 0 Å². The van der Waals surface area contributed by atoms with Crippen LogP contribution in [0.4, 0.5) is 11.5 Å². The second-order valence-electron chi connectivity index (χ2n) is 8.54. The molecule has 7 nitrogen and oxygen atoms in total. The molecule has 0 bridgehead atoms. The number of sulfonamides is 1. The summed E-state index contributed by atoms with van der Waals surface area (Å²) in [5, 5.41) is 14.0. The van der Waals surface area contributed by atoms with Gasteiger partial charge in [0.2, 0.25) is 10.0 Å². The van der Waals surface area contributed by atoms with Crippen molar-refractivity contribution in [1.29, 1.82) is 0 Å². The number of benzene rings is 3. The lowest BCUT2D eigenvalue weighted by Crippen LogP contribution is -2.32. The van der Waals surface area contributed by atoms with E-state index in [1.54, 1.807) is 19.1 Å². The van der Waals surface area contributed by atoms with E-state index in [1.807, 2.05) is 54.6 Å². The van der Waals surface area contributed by atoms with Gasteiger partial charge in [-0.3, -0.25) is 0 Å². The number of fused-ring (bicyclic) bond motifs is 1. The second-order valence-corrected chi connectivity index (χ2v) is 11.2. The van der Waals surface area contributed by atoms with Crippen molar-refractivity contribution in [3.05, 3.63) is 76.8 Å². The lowest BCUT2D eigenvalue weighted by Gasteiger charge is -2.15. The van der Waals surface area contributed by atoms with E-state index in [2.05, 4.69) is 36.2 Å². The Kier molecular flexibility index (Phi) is 6.84. The molecule has 4 aromatic rings. The van der Waals surface area contributed by atoms with Crippen LogP contribution in [0, 0.1) is 6.92 Å². The highest BCUT2D eigenvalue weighted by atomic mass is 79.9. The number of ether oxygens (including phenoxy) is 1. The van der Waals surface area contributed by atoms with Crippen LogP contribution in [0.2, 0.25) is 0 Å². The summed E-state index contributed by atoms with van der Waals surface area (Å²) in [5.41, 5.74) is 2.87. The lowest BCUT2D eigenvalue weighted by molar-refractivity contribution is 0.114. The fourth-order valence-corrected chi connectivity index (χ4v) is 5.80. The van der Waals surface area contributed by atoms with Gasteiger partial charge in [0.05, 0.1) is 11.0 Å². The fourth-order valence-electron chi connectivity index (χ4n) is 4.20. The molecule has 0 saturated carbocycles. The Balaban J connectivity index is 1.50. The zero-order chi connectivity index (χ0) is 24.4. The third-order valence-corrected chi connectivity index (χ3v) is 8.16. The zero-order valence-corrected chi connectivity index (χ0v) is 21.6. The quantitative estimate of drug-likeness (QED) is 0.311. The summed E-state index contributed by atoms with van der Waals surface area (Å²) in [7, 11) is -3.71. The number of hydrogen-bond acceptors (Lipinski definition) is 6. The molecule has 180 valence electrons. The summed E-state index contributed by atoms with van der Waals surface area (Å²) in [5.74, 6) is 0.629. The van der Waals surface area contributed by atoms with E-state index in [4.69, 9.17) is 4.74 Å². The zero-order valence-electron chi connectivity index (χ0n) is 19.2. The summed E-state index contributed by atoms with van der Waals surface area (Å²) in [6, 6.07) is 21.0. The molecule has 1 aliphatic heterocycles. The van der Waals surface area contributed by atoms with E-state index in [0.717, 1.165) is 33.8 Å². The summed E-state index contributed by atoms with van der Waals surface area (Å²) in [4.78, 5) is 0.232. The van der Waals surface area contributed by atoms with Crippen LogP contribution in [0.1, 0.15) is 18.4 Å². The average Bonchev–Trinajstić information content (AvgIpc) is 3.39. The van der Waals surface area contributed by atoms with Gasteiger partial charge in [-0.05, 0) is 55.7 Å². The highest BCUT2D eigenvalue weighted by Gasteiger charge is 2.23. The molecule has 0 unspecified atom stereocenters. The van der Waals surface area contributed by atoms with Crippen molar-refractivity contribution in [2.75, 3.05) is 18.5 Å². The molecular formula is C26H25BrN4O3S. The third-order valence-electron chi connectivity index (χ3n) is 6.07. The Morgan fingerprint density at radius 2 is 1.80 bits per heavy atom. The first-order valence-corrected chi connectivity index (χ1v) is 13.7. The molecular weight excluding hydrogens is 528 g/mol. The first-order valence-electron chi connectivity index (χ1n) is 11.4. The van der Waals surface area contributed by atoms with Gasteiger partial charge in [0.15, 0.2) is 5.82 Å². The van der Waals surface area contributed by atoms with Gasteiger partial charge in [0, 0.05) is 39.6 Å². The molecule has 1 aromatic heterocycles. The van der Waals surface area contributed by atoms with Crippen molar-refractivity contribution >= 4 is 48.2 Å². The molecule has 1 fully saturated rings. The molecule has 0 amide bonds. The van der Waals surface area contributed by atoms with E-state index >= 15 is 0 Å². The molecule has 1 saturated heterocycles. The fraction of sp³-hybridized carbons (Fsp3) is 0.231. The molecule has 0 spiro atoms. The smallest absolute Gasteiger partial charge is 0.240 e. The Hall–Kier alpha value is -2.85. The Morgan fingerprint density at radius 1 is 1.03 bits per heavy atom. The second kappa shape index (κ2) is 10.0. The summed E-state index contributed by atoms with van der Waals surface area (Å²) < 4.78 is 35.5. The SMILES string of the molecule is Cc1ccc(-c2nnc(Nc3ccc(Br)cc3)c3ccccc23)cc1S(=O)(=O)NC[C@@H]1CCCO1. The predicted octanol–water partition coefficient (Wildman–Crippen LogP) is 5.57. The van der Waals surface area contributed by atoms with Crippen LogP contribution >= 0.6 is 15.9 Å². The maximum atomic E-state index is 13.1. The van der Waals surface area contributed by atoms with Gasteiger partial charge in [0.1, 0.15) is 5.69 Å². The molecule has 0 aliphatic carbocycles. The first-order chi connectivity index (χ1) is 16.9. The maximum Gasteiger partial charge on any atom is 0.240 e. The van der Waals surface area contributed by atoms with E-state index in [-0.39, 0.29) is 17.5 Å². The van der Waals surface area contributed by atoms with Gasteiger partial charge < -0.3 is 10.1 Å². The Labute approximate surface area is 213 Å². The number of hydrogen-bond donors (Lipinski definition) is 2. The minimum Gasteiger partial charge on any atom is -0.377 e. The van der Waals surface area contributed by atoms with Gasteiger partial charge in [0.25, 0.3) is 0 Å². The standard InChI is InChI=1S/C26H25BrN4O3S/c1-17-8-9-18(15-24(17)35(32,33)28-16-21-5-4-14-34-21)25-22-6-2-3-7-23(22)26(31-30-25)29-20-12-10-19(27)11-13-20/h2-3,6-13,15,21,28H,4-5,14,16H2,1H3,(H,29,31)/t21-/m0/s1. The van der Waals surface area contributed by atoms with Crippen LogP contribution in [0.5, 0.6) is 0 Å². The number of aromatic nitrogens is 2. The van der Waals surface area contributed by atoms with Crippen molar-refractivity contribution < 1.29 is 13.2 Å². The minimum absolute atomic E-state index is 0.0751. The number of aryl methyl sites for hydroxylation is 1. The maximum absolute atomic E-state index is 13.1. The van der Waals surface area contributed by atoms with Crippen molar-refractivity contribution in [2.45, 2.75) is 30.8 Å². The van der Waals surface area contributed by atoms with Gasteiger partial charge in [-0.1, -0.05) is 52.3 Å². The Morgan fingerprint density at radius 3 is 2.54 bits per heavy atom. The number of nitrogens with zero attached hydrogens (tertiary/aromatic N) is 2. The van der Waals surface area contributed by atoms with E-state index in [0.29, 0.717) is 29.2 Å². The van der Waals surface area contributed by atoms with Gasteiger partial charge >= 0.3 is 0 Å². The molecule has 2 N–H and O–H groups in total. The normalized spacial score (nSPS) is 16.0. The van der Waals surface area contributed by atoms with Gasteiger partial charge in [-0.15, -0.1) is 10.2 Å². The summed E-state index contributed by atoms with van der Waals surface area (Å²) in [6.07, 6.45) is 1.75. The van der Waals surface area contributed by atoms with Crippen LogP contribution < -0.4 is 10.0 Å². The third kappa shape index (κ3) is 5.23. The highest BCUT2D eigenvalue weighted by Crippen LogP contribution is 2.33. The average molecular weight is 553 g/mol. The topological polar surface area (TPSA) is 93.2 Å². The van der Waals surface area contributed by atoms with Crippen molar-refractivity contribution in [3.63, 3.8) is 0 Å². The molecule has 0 radical (unpaired) electrons. The van der Waals surface area contributed by atoms with Crippen LogP contribution in [0.25, 0.3) is 22.0 Å². The van der Waals surface area contributed by atoms with Crippen LogP contribution in [-0.2, 0) is 14.8 Å². The number of nitrogens with one attached hydrogen (secondary N) is 2. The highest BCUT2D eigenvalue weighted by molar-refractivity contribution is 9.10. The largest absolute Gasteiger partial charge is 0.377 e. The van der Waals surface area contributed by atoms with E-state index < -0.39 is 10.0 Å². The van der Waals surface area contributed by atoms with Crippen LogP contribution in [-0.4, -0.2) is 37.9 Å². The molecule has 35 heavy (non-hydrogen) atoms. The van der Waals surface area contributed by atoms with E-state index in [9.17, 15) is 8.42 Å². The number of rotatable bonds is 7. The van der Waals surface area contributed by atoms with Crippen molar-refractivity contribution in [1.82, 2.24) is 14.9 Å². The molecule has 1 aliphatic rings. The van der Waals surface area contributed by atoms with Gasteiger partial charge in [-0.25, -0.2) is 13.1 Å². The van der Waals surface area contributed by atoms with Gasteiger partial charge in [-0.2, -0.15) is 0 Å². The van der Waals surface area contributed by atoms with E-state index in [1.165, 1.54) is 0 Å². The molecule has 2 heterocycles. The monoisotopic (exact) mass is 552 g/mol. The molecule has 3 aromatic carbocycles. The Bertz CT molecular complexity index is 1470. The molecule has 1 atom stereocenters. The summed E-state index contributed by atoms with van der Waals surface area (Å²) in [6.45, 7) is 2.74. The predicted molar refractivity (Wildman–Crippen MR) is 141 cm³/mol. The van der Waals surface area contributed by atoms with Crippen LogP contribution in [0.15, 0.2) is 76.1 Å².